The highest BCUT2D eigenvalue weighted by molar-refractivity contribution is 5.61. The predicted octanol–water partition coefficient (Wildman–Crippen LogP) is 1.40. The second kappa shape index (κ2) is 5.52. The summed E-state index contributed by atoms with van der Waals surface area (Å²) in [7, 11) is 1.83. The molecule has 4 heteroatoms. The Hall–Kier alpha value is -1.78. The summed E-state index contributed by atoms with van der Waals surface area (Å²) in [5.74, 6) is 0. The molecule has 88 valence electrons. The first kappa shape index (κ1) is 11.7. The molecule has 0 aliphatic heterocycles. The van der Waals surface area contributed by atoms with Crippen molar-refractivity contribution in [3.8, 4) is 11.1 Å². The van der Waals surface area contributed by atoms with Crippen LogP contribution in [-0.2, 0) is 0 Å². The molecular formula is C13H15N3O. The lowest BCUT2D eigenvalue weighted by molar-refractivity contribution is 0.251. The van der Waals surface area contributed by atoms with E-state index in [9.17, 15) is 5.11 Å². The van der Waals surface area contributed by atoms with E-state index in [1.165, 1.54) is 6.33 Å². The molecule has 0 saturated heterocycles. The number of aliphatic hydroxyl groups excluding tert-OH is 1. The normalized spacial score (nSPS) is 12.4. The molecule has 0 saturated carbocycles. The number of aliphatic hydroxyl groups is 1. The molecule has 1 aromatic heterocycles. The van der Waals surface area contributed by atoms with Crippen molar-refractivity contribution in [1.82, 2.24) is 15.3 Å². The highest BCUT2D eigenvalue weighted by Gasteiger charge is 2.07. The van der Waals surface area contributed by atoms with Crippen LogP contribution in [0, 0.1) is 0 Å². The number of likely N-dealkylation sites (N-methyl/N-ethyl adjacent to an activating group) is 1. The summed E-state index contributed by atoms with van der Waals surface area (Å²) in [6.07, 6.45) is 5.08. The largest absolute Gasteiger partial charge is 0.394 e. The van der Waals surface area contributed by atoms with Crippen LogP contribution in [0.25, 0.3) is 11.1 Å². The molecule has 1 aromatic carbocycles. The minimum Gasteiger partial charge on any atom is -0.394 e. The van der Waals surface area contributed by atoms with Gasteiger partial charge >= 0.3 is 0 Å². The first-order valence-electron chi connectivity index (χ1n) is 5.48. The molecule has 4 nitrogen and oxygen atoms in total. The molecule has 0 amide bonds. The van der Waals surface area contributed by atoms with Crippen molar-refractivity contribution in [1.29, 1.82) is 0 Å². The van der Waals surface area contributed by atoms with Crippen LogP contribution in [-0.4, -0.2) is 28.7 Å². The molecule has 0 aliphatic rings. The number of nitrogens with zero attached hydrogens (tertiary/aromatic N) is 2. The average Bonchev–Trinajstić information content (AvgIpc) is 2.42. The molecule has 0 fully saturated rings. The lowest BCUT2D eigenvalue weighted by Crippen LogP contribution is -2.19. The minimum absolute atomic E-state index is 0.0175. The molecule has 0 spiro atoms. The van der Waals surface area contributed by atoms with E-state index in [0.29, 0.717) is 0 Å². The van der Waals surface area contributed by atoms with Crippen molar-refractivity contribution in [2.24, 2.45) is 0 Å². The zero-order valence-corrected chi connectivity index (χ0v) is 9.67. The second-order valence-electron chi connectivity index (χ2n) is 3.77. The molecular weight excluding hydrogens is 214 g/mol. The minimum atomic E-state index is -0.0175. The fourth-order valence-corrected chi connectivity index (χ4v) is 1.72. The number of aromatic nitrogens is 2. The third-order valence-corrected chi connectivity index (χ3v) is 2.74. The van der Waals surface area contributed by atoms with Gasteiger partial charge in [-0.05, 0) is 18.2 Å². The molecule has 2 N–H and O–H groups in total. The van der Waals surface area contributed by atoms with Crippen molar-refractivity contribution in [2.75, 3.05) is 13.7 Å². The van der Waals surface area contributed by atoms with Gasteiger partial charge in [0.15, 0.2) is 0 Å². The van der Waals surface area contributed by atoms with Gasteiger partial charge in [0, 0.05) is 18.0 Å². The third-order valence-electron chi connectivity index (χ3n) is 2.74. The van der Waals surface area contributed by atoms with E-state index in [-0.39, 0.29) is 12.6 Å². The summed E-state index contributed by atoms with van der Waals surface area (Å²) < 4.78 is 0. The number of hydrogen-bond acceptors (Lipinski definition) is 4. The molecule has 1 atom stereocenters. The van der Waals surface area contributed by atoms with E-state index in [4.69, 9.17) is 0 Å². The maximum absolute atomic E-state index is 9.18. The molecule has 0 radical (unpaired) electrons. The summed E-state index contributed by atoms with van der Waals surface area (Å²) in [5.41, 5.74) is 3.13. The van der Waals surface area contributed by atoms with Gasteiger partial charge in [0.2, 0.25) is 0 Å². The van der Waals surface area contributed by atoms with Gasteiger partial charge in [-0.1, -0.05) is 24.3 Å². The van der Waals surface area contributed by atoms with E-state index in [0.717, 1.165) is 16.7 Å². The summed E-state index contributed by atoms with van der Waals surface area (Å²) >= 11 is 0. The van der Waals surface area contributed by atoms with Crippen LogP contribution in [0.2, 0.25) is 0 Å². The van der Waals surface area contributed by atoms with Gasteiger partial charge in [-0.25, -0.2) is 9.97 Å². The van der Waals surface area contributed by atoms with Crippen LogP contribution in [0.4, 0.5) is 0 Å². The molecule has 0 unspecified atom stereocenters. The maximum Gasteiger partial charge on any atom is 0.115 e. The van der Waals surface area contributed by atoms with E-state index in [1.54, 1.807) is 12.4 Å². The van der Waals surface area contributed by atoms with Crippen LogP contribution in [0.3, 0.4) is 0 Å². The summed E-state index contributed by atoms with van der Waals surface area (Å²) in [6.45, 7) is 0.0876. The zero-order chi connectivity index (χ0) is 12.1. The van der Waals surface area contributed by atoms with Gasteiger partial charge in [0.25, 0.3) is 0 Å². The molecule has 2 rings (SSSR count). The topological polar surface area (TPSA) is 58.0 Å². The van der Waals surface area contributed by atoms with E-state index in [2.05, 4.69) is 15.3 Å². The van der Waals surface area contributed by atoms with Gasteiger partial charge in [-0.15, -0.1) is 0 Å². The molecule has 2 aromatic rings. The smallest absolute Gasteiger partial charge is 0.115 e. The zero-order valence-electron chi connectivity index (χ0n) is 9.67. The Balaban J connectivity index is 2.24. The Bertz CT molecular complexity index is 452. The standard InChI is InChI=1S/C13H15N3O/c1-14-13(8-17)11-4-2-10(3-5-11)12-6-15-9-16-7-12/h2-7,9,13-14,17H,8H2,1H3/t13-/m0/s1. The van der Waals surface area contributed by atoms with Crippen molar-refractivity contribution in [2.45, 2.75) is 6.04 Å². The lowest BCUT2D eigenvalue weighted by Gasteiger charge is -2.13. The monoisotopic (exact) mass is 229 g/mol. The summed E-state index contributed by atoms with van der Waals surface area (Å²) in [4.78, 5) is 7.97. The molecule has 0 bridgehead atoms. The third kappa shape index (κ3) is 2.67. The van der Waals surface area contributed by atoms with Crippen molar-refractivity contribution >= 4 is 0 Å². The van der Waals surface area contributed by atoms with Crippen LogP contribution >= 0.6 is 0 Å². The first-order valence-corrected chi connectivity index (χ1v) is 5.48. The number of benzene rings is 1. The summed E-state index contributed by atoms with van der Waals surface area (Å²) in [5, 5.41) is 12.2. The number of hydrogen-bond donors (Lipinski definition) is 2. The van der Waals surface area contributed by atoms with E-state index in [1.807, 2.05) is 31.3 Å². The molecule has 1 heterocycles. The molecule has 17 heavy (non-hydrogen) atoms. The van der Waals surface area contributed by atoms with Crippen LogP contribution in [0.5, 0.6) is 0 Å². The summed E-state index contributed by atoms with van der Waals surface area (Å²) in [6, 6.07) is 8.00. The van der Waals surface area contributed by atoms with Gasteiger partial charge in [0.05, 0.1) is 12.6 Å². The highest BCUT2D eigenvalue weighted by Crippen LogP contribution is 2.20. The fraction of sp³-hybridized carbons (Fsp3) is 0.231. The Labute approximate surface area is 100 Å². The quantitative estimate of drug-likeness (QED) is 0.832. The fourth-order valence-electron chi connectivity index (χ4n) is 1.72. The maximum atomic E-state index is 9.18. The van der Waals surface area contributed by atoms with Crippen LogP contribution in [0.15, 0.2) is 43.0 Å². The van der Waals surface area contributed by atoms with E-state index < -0.39 is 0 Å². The van der Waals surface area contributed by atoms with Gasteiger partial charge in [-0.3, -0.25) is 0 Å². The van der Waals surface area contributed by atoms with E-state index >= 15 is 0 Å². The van der Waals surface area contributed by atoms with Crippen LogP contribution in [0.1, 0.15) is 11.6 Å². The Morgan fingerprint density at radius 1 is 1.12 bits per heavy atom. The number of rotatable bonds is 4. The predicted molar refractivity (Wildman–Crippen MR) is 66.4 cm³/mol. The first-order chi connectivity index (χ1) is 8.35. The van der Waals surface area contributed by atoms with Crippen molar-refractivity contribution in [3.05, 3.63) is 48.5 Å². The van der Waals surface area contributed by atoms with Gasteiger partial charge in [-0.2, -0.15) is 0 Å². The lowest BCUT2D eigenvalue weighted by atomic mass is 10.0. The highest BCUT2D eigenvalue weighted by atomic mass is 16.3. The Morgan fingerprint density at radius 3 is 2.29 bits per heavy atom. The van der Waals surface area contributed by atoms with Crippen LogP contribution < -0.4 is 5.32 Å². The van der Waals surface area contributed by atoms with Crippen molar-refractivity contribution < 1.29 is 5.11 Å². The van der Waals surface area contributed by atoms with Gasteiger partial charge < -0.3 is 10.4 Å². The Morgan fingerprint density at radius 2 is 1.76 bits per heavy atom. The second-order valence-corrected chi connectivity index (χ2v) is 3.77. The SMILES string of the molecule is CN[C@@H](CO)c1ccc(-c2cncnc2)cc1. The molecule has 0 aliphatic carbocycles. The number of nitrogens with one attached hydrogen (secondary N) is 1. The average molecular weight is 229 g/mol. The van der Waals surface area contributed by atoms with Gasteiger partial charge in [0.1, 0.15) is 6.33 Å². The Kier molecular flexibility index (Phi) is 3.80. The van der Waals surface area contributed by atoms with Crippen molar-refractivity contribution in [3.63, 3.8) is 0 Å².